The Bertz CT molecular complexity index is 486. The van der Waals surface area contributed by atoms with Crippen molar-refractivity contribution in [2.75, 3.05) is 20.3 Å². The lowest BCUT2D eigenvalue weighted by Crippen LogP contribution is -2.24. The average molecular weight is 275 g/mol. The first-order chi connectivity index (χ1) is 9.63. The molecule has 0 saturated heterocycles. The lowest BCUT2D eigenvalue weighted by Gasteiger charge is -2.07. The van der Waals surface area contributed by atoms with Gasteiger partial charge in [-0.1, -0.05) is 37.8 Å². The van der Waals surface area contributed by atoms with Crippen molar-refractivity contribution in [2.24, 2.45) is 5.92 Å². The van der Waals surface area contributed by atoms with Gasteiger partial charge in [-0.15, -0.1) is 0 Å². The summed E-state index contributed by atoms with van der Waals surface area (Å²) in [6.45, 7) is 4.62. The standard InChI is InChI=1S/C16H21NO3/c1-13(2)12-16(18)17-10-6-7-11-20-15-9-5-4-8-14(15)19-3/h4-5,8-9,13H,10-12H2,1-3H3,(H,17,18). The van der Waals surface area contributed by atoms with Crippen molar-refractivity contribution in [3.63, 3.8) is 0 Å². The fourth-order valence-corrected chi connectivity index (χ4v) is 1.55. The molecular weight excluding hydrogens is 254 g/mol. The van der Waals surface area contributed by atoms with E-state index in [1.54, 1.807) is 7.11 Å². The van der Waals surface area contributed by atoms with Crippen LogP contribution in [0.2, 0.25) is 0 Å². The number of nitrogens with one attached hydrogen (secondary N) is 1. The van der Waals surface area contributed by atoms with Gasteiger partial charge in [0.15, 0.2) is 11.5 Å². The quantitative estimate of drug-likeness (QED) is 0.810. The zero-order valence-electron chi connectivity index (χ0n) is 12.2. The van der Waals surface area contributed by atoms with Crippen LogP contribution in [0.1, 0.15) is 20.3 Å². The molecule has 1 N–H and O–H groups in total. The van der Waals surface area contributed by atoms with E-state index < -0.39 is 0 Å². The molecule has 0 radical (unpaired) electrons. The third-order valence-corrected chi connectivity index (χ3v) is 2.46. The Morgan fingerprint density at radius 3 is 2.60 bits per heavy atom. The SMILES string of the molecule is COc1ccccc1OCC#CCNC(=O)CC(C)C. The fraction of sp³-hybridized carbons (Fsp3) is 0.438. The zero-order valence-corrected chi connectivity index (χ0v) is 12.2. The van der Waals surface area contributed by atoms with Crippen LogP contribution in [0, 0.1) is 17.8 Å². The molecule has 1 rings (SSSR count). The van der Waals surface area contributed by atoms with Gasteiger partial charge in [-0.2, -0.15) is 0 Å². The second-order valence-electron chi connectivity index (χ2n) is 4.67. The highest BCUT2D eigenvalue weighted by atomic mass is 16.5. The normalized spacial score (nSPS) is 9.60. The molecule has 1 aromatic rings. The topological polar surface area (TPSA) is 47.6 Å². The van der Waals surface area contributed by atoms with E-state index in [1.807, 2.05) is 38.1 Å². The van der Waals surface area contributed by atoms with Gasteiger partial charge in [-0.05, 0) is 18.1 Å². The summed E-state index contributed by atoms with van der Waals surface area (Å²) in [5.41, 5.74) is 0. The number of hydrogen-bond donors (Lipinski definition) is 1. The predicted octanol–water partition coefficient (Wildman–Crippen LogP) is 2.24. The van der Waals surface area contributed by atoms with Gasteiger partial charge in [0, 0.05) is 6.42 Å². The van der Waals surface area contributed by atoms with Crippen LogP contribution >= 0.6 is 0 Å². The Labute approximate surface area is 120 Å². The second-order valence-corrected chi connectivity index (χ2v) is 4.67. The van der Waals surface area contributed by atoms with Crippen LogP contribution in [0.25, 0.3) is 0 Å². The number of hydrogen-bond acceptors (Lipinski definition) is 3. The maximum absolute atomic E-state index is 11.4. The molecule has 1 amide bonds. The van der Waals surface area contributed by atoms with E-state index in [4.69, 9.17) is 9.47 Å². The van der Waals surface area contributed by atoms with E-state index in [9.17, 15) is 4.79 Å². The Hall–Kier alpha value is -2.15. The van der Waals surface area contributed by atoms with Crippen LogP contribution < -0.4 is 14.8 Å². The molecule has 0 unspecified atom stereocenters. The molecule has 0 aliphatic rings. The van der Waals surface area contributed by atoms with Crippen LogP contribution in [0.5, 0.6) is 11.5 Å². The van der Waals surface area contributed by atoms with Crippen molar-refractivity contribution in [1.29, 1.82) is 0 Å². The van der Waals surface area contributed by atoms with Crippen LogP contribution in [-0.2, 0) is 4.79 Å². The summed E-state index contributed by atoms with van der Waals surface area (Å²) in [7, 11) is 1.60. The van der Waals surface area contributed by atoms with Crippen LogP contribution in [0.4, 0.5) is 0 Å². The number of ether oxygens (including phenoxy) is 2. The highest BCUT2D eigenvalue weighted by Crippen LogP contribution is 2.25. The highest BCUT2D eigenvalue weighted by molar-refractivity contribution is 5.76. The minimum atomic E-state index is 0.0277. The van der Waals surface area contributed by atoms with Gasteiger partial charge in [0.1, 0.15) is 6.61 Å². The molecule has 20 heavy (non-hydrogen) atoms. The van der Waals surface area contributed by atoms with Gasteiger partial charge >= 0.3 is 0 Å². The monoisotopic (exact) mass is 275 g/mol. The number of rotatable bonds is 6. The smallest absolute Gasteiger partial charge is 0.221 e. The first-order valence-electron chi connectivity index (χ1n) is 6.61. The molecule has 0 aliphatic heterocycles. The molecule has 108 valence electrons. The molecule has 0 aromatic heterocycles. The Morgan fingerprint density at radius 1 is 1.25 bits per heavy atom. The molecule has 0 aliphatic carbocycles. The van der Waals surface area contributed by atoms with Crippen molar-refractivity contribution in [2.45, 2.75) is 20.3 Å². The van der Waals surface area contributed by atoms with Crippen LogP contribution in [0.3, 0.4) is 0 Å². The summed E-state index contributed by atoms with van der Waals surface area (Å²) >= 11 is 0. The Morgan fingerprint density at radius 2 is 1.95 bits per heavy atom. The third-order valence-electron chi connectivity index (χ3n) is 2.46. The maximum Gasteiger partial charge on any atom is 0.221 e. The molecule has 0 atom stereocenters. The van der Waals surface area contributed by atoms with E-state index in [0.29, 0.717) is 30.4 Å². The minimum absolute atomic E-state index is 0.0277. The Kier molecular flexibility index (Phi) is 7.05. The number of amides is 1. The number of para-hydroxylation sites is 2. The Balaban J connectivity index is 2.28. The van der Waals surface area contributed by atoms with Gasteiger partial charge in [0.2, 0.25) is 5.91 Å². The van der Waals surface area contributed by atoms with Gasteiger partial charge in [-0.3, -0.25) is 4.79 Å². The van der Waals surface area contributed by atoms with E-state index in [-0.39, 0.29) is 12.5 Å². The average Bonchev–Trinajstić information content (AvgIpc) is 2.42. The molecule has 0 fully saturated rings. The van der Waals surface area contributed by atoms with E-state index in [2.05, 4.69) is 17.2 Å². The van der Waals surface area contributed by atoms with Gasteiger partial charge < -0.3 is 14.8 Å². The number of carbonyl (C=O) groups excluding carboxylic acids is 1. The summed E-state index contributed by atoms with van der Waals surface area (Å²) in [6.07, 6.45) is 0.527. The van der Waals surface area contributed by atoms with E-state index in [0.717, 1.165) is 0 Å². The van der Waals surface area contributed by atoms with Gasteiger partial charge in [0.25, 0.3) is 0 Å². The van der Waals surface area contributed by atoms with Crippen molar-refractivity contribution >= 4 is 5.91 Å². The van der Waals surface area contributed by atoms with Gasteiger partial charge in [-0.25, -0.2) is 0 Å². The molecular formula is C16H21NO3. The van der Waals surface area contributed by atoms with E-state index >= 15 is 0 Å². The predicted molar refractivity (Wildman–Crippen MR) is 78.7 cm³/mol. The lowest BCUT2D eigenvalue weighted by atomic mass is 10.1. The van der Waals surface area contributed by atoms with Crippen LogP contribution in [-0.4, -0.2) is 26.2 Å². The summed E-state index contributed by atoms with van der Waals surface area (Å²) in [5.74, 6) is 7.43. The number of benzene rings is 1. The largest absolute Gasteiger partial charge is 0.493 e. The molecule has 0 saturated carbocycles. The molecule has 4 nitrogen and oxygen atoms in total. The van der Waals surface area contributed by atoms with Crippen molar-refractivity contribution in [3.05, 3.63) is 24.3 Å². The summed E-state index contributed by atoms with van der Waals surface area (Å²) in [5, 5.41) is 2.74. The summed E-state index contributed by atoms with van der Waals surface area (Å²) in [4.78, 5) is 11.4. The maximum atomic E-state index is 11.4. The summed E-state index contributed by atoms with van der Waals surface area (Å²) in [6, 6.07) is 7.40. The molecule has 0 bridgehead atoms. The first kappa shape index (κ1) is 15.9. The van der Waals surface area contributed by atoms with E-state index in [1.165, 1.54) is 0 Å². The molecule has 0 spiro atoms. The fourth-order valence-electron chi connectivity index (χ4n) is 1.55. The van der Waals surface area contributed by atoms with Crippen LogP contribution in [0.15, 0.2) is 24.3 Å². The van der Waals surface area contributed by atoms with Crippen molar-refractivity contribution in [1.82, 2.24) is 5.32 Å². The van der Waals surface area contributed by atoms with Crippen molar-refractivity contribution in [3.8, 4) is 23.3 Å². The van der Waals surface area contributed by atoms with Gasteiger partial charge in [0.05, 0.1) is 13.7 Å². The summed E-state index contributed by atoms with van der Waals surface area (Å²) < 4.78 is 10.7. The number of carbonyl (C=O) groups is 1. The molecule has 4 heteroatoms. The zero-order chi connectivity index (χ0) is 14.8. The minimum Gasteiger partial charge on any atom is -0.493 e. The molecule has 1 aromatic carbocycles. The lowest BCUT2D eigenvalue weighted by molar-refractivity contribution is -0.121. The number of methoxy groups -OCH3 is 1. The molecule has 0 heterocycles. The third kappa shape index (κ3) is 6.14. The van der Waals surface area contributed by atoms with Crippen molar-refractivity contribution < 1.29 is 14.3 Å². The first-order valence-corrected chi connectivity index (χ1v) is 6.61. The second kappa shape index (κ2) is 8.87. The highest BCUT2D eigenvalue weighted by Gasteiger charge is 2.02.